The molecule has 3 saturated heterocycles. The first-order valence-corrected chi connectivity index (χ1v) is 18.0. The van der Waals surface area contributed by atoms with Gasteiger partial charge in [-0.3, -0.25) is 24.4 Å². The predicted octanol–water partition coefficient (Wildman–Crippen LogP) is 3.73. The van der Waals surface area contributed by atoms with Gasteiger partial charge in [-0.2, -0.15) is 10.1 Å². The Labute approximate surface area is 295 Å². The van der Waals surface area contributed by atoms with E-state index in [1.54, 1.807) is 18.3 Å². The summed E-state index contributed by atoms with van der Waals surface area (Å²) >= 11 is 6.59. The molecule has 0 spiro atoms. The summed E-state index contributed by atoms with van der Waals surface area (Å²) in [6.07, 6.45) is 11.2. The number of carbonyl (C=O) groups is 4. The van der Waals surface area contributed by atoms with Gasteiger partial charge >= 0.3 is 6.03 Å². The Bertz CT molecular complexity index is 1840. The van der Waals surface area contributed by atoms with Gasteiger partial charge in [0, 0.05) is 69.2 Å². The highest BCUT2D eigenvalue weighted by Crippen LogP contribution is 2.37. The minimum Gasteiger partial charge on any atom is -0.371 e. The first kappa shape index (κ1) is 32.6. The quantitative estimate of drug-likeness (QED) is 0.317. The number of urea groups is 1. The van der Waals surface area contributed by atoms with Gasteiger partial charge in [0.15, 0.2) is 0 Å². The lowest BCUT2D eigenvalue weighted by atomic mass is 9.94. The van der Waals surface area contributed by atoms with Crippen molar-refractivity contribution in [2.24, 2.45) is 18.9 Å². The number of anilines is 2. The van der Waals surface area contributed by atoms with E-state index >= 15 is 0 Å². The maximum Gasteiger partial charge on any atom is 0.343 e. The van der Waals surface area contributed by atoms with Crippen molar-refractivity contribution in [2.75, 3.05) is 49.5 Å². The van der Waals surface area contributed by atoms with Crippen LogP contribution in [0.4, 0.5) is 16.4 Å². The topological polar surface area (TPSA) is 149 Å². The second-order valence-corrected chi connectivity index (χ2v) is 14.6. The molecule has 3 aromatic rings. The largest absolute Gasteiger partial charge is 0.371 e. The summed E-state index contributed by atoms with van der Waals surface area (Å²) in [5, 5.41) is 12.7. The molecule has 0 bridgehead atoms. The van der Waals surface area contributed by atoms with E-state index in [1.807, 2.05) is 24.0 Å². The predicted molar refractivity (Wildman–Crippen MR) is 185 cm³/mol. The van der Waals surface area contributed by atoms with E-state index in [1.165, 1.54) is 18.5 Å². The first-order chi connectivity index (χ1) is 24.2. The van der Waals surface area contributed by atoms with Gasteiger partial charge < -0.3 is 15.1 Å². The van der Waals surface area contributed by atoms with Crippen molar-refractivity contribution < 1.29 is 19.2 Å². The Morgan fingerprint density at radius 3 is 2.38 bits per heavy atom. The zero-order valence-electron chi connectivity index (χ0n) is 28.1. The van der Waals surface area contributed by atoms with E-state index < -0.39 is 23.8 Å². The average Bonchev–Trinajstić information content (AvgIpc) is 3.82. The van der Waals surface area contributed by atoms with Gasteiger partial charge in [-0.15, -0.1) is 0 Å². The summed E-state index contributed by atoms with van der Waals surface area (Å²) in [6.45, 7) is 4.77. The van der Waals surface area contributed by atoms with Crippen molar-refractivity contribution >= 4 is 47.0 Å². The lowest BCUT2D eigenvalue weighted by Crippen LogP contribution is -2.58. The van der Waals surface area contributed by atoms with Crippen LogP contribution in [0, 0.1) is 11.8 Å². The van der Waals surface area contributed by atoms with Crippen LogP contribution in [0.25, 0.3) is 11.3 Å². The van der Waals surface area contributed by atoms with Gasteiger partial charge in [-0.25, -0.2) is 19.8 Å². The number of aromatic nitrogens is 4. The lowest BCUT2D eigenvalue weighted by Gasteiger charge is -2.38. The molecule has 8 rings (SSSR count). The number of hydrogen-bond donors (Lipinski definition) is 2. The van der Waals surface area contributed by atoms with Crippen molar-refractivity contribution in [3.63, 3.8) is 0 Å². The maximum absolute atomic E-state index is 13.3. The molecule has 0 radical (unpaired) electrons. The summed E-state index contributed by atoms with van der Waals surface area (Å²) in [7, 11) is 1.98. The summed E-state index contributed by atoms with van der Waals surface area (Å²) in [4.78, 5) is 64.4. The molecule has 50 heavy (non-hydrogen) atoms. The van der Waals surface area contributed by atoms with Crippen LogP contribution >= 0.6 is 11.6 Å². The van der Waals surface area contributed by atoms with Gasteiger partial charge in [0.25, 0.3) is 11.8 Å². The van der Waals surface area contributed by atoms with E-state index in [9.17, 15) is 19.2 Å². The number of nitrogens with zero attached hydrogens (tertiary/aromatic N) is 8. The normalized spacial score (nSPS) is 20.9. The number of rotatable bonds is 9. The first-order valence-electron chi connectivity index (χ1n) is 17.6. The maximum atomic E-state index is 13.3. The fraction of sp³-hybridized carbons (Fsp3) is 0.514. The highest BCUT2D eigenvalue weighted by atomic mass is 35.5. The number of nitrogens with one attached hydrogen (secondary N) is 2. The molecule has 0 atom stereocenters. The Morgan fingerprint density at radius 2 is 1.64 bits per heavy atom. The molecule has 15 heteroatoms. The molecule has 1 saturated carbocycles. The Balaban J connectivity index is 0.822. The molecule has 2 N–H and O–H groups in total. The number of carbonyl (C=O) groups excluding carboxylic acids is 4. The van der Waals surface area contributed by atoms with E-state index in [0.717, 1.165) is 97.7 Å². The molecule has 14 nitrogen and oxygen atoms in total. The number of halogens is 1. The number of piperidine rings is 2. The number of hydrogen-bond acceptors (Lipinski definition) is 10. The SMILES string of the molecule is Cn1ncc(-c2nc(NC3CCN(CC4CCN(c5ccc6c(c5)C(=O)N(N5CCC(=O)NC5=O)C6=O)CC4)CC3)ncc2Cl)c1CC1CC1. The molecular weight excluding hydrogens is 660 g/mol. The highest BCUT2D eigenvalue weighted by molar-refractivity contribution is 6.33. The molecule has 4 fully saturated rings. The van der Waals surface area contributed by atoms with E-state index in [0.29, 0.717) is 22.9 Å². The van der Waals surface area contributed by atoms with Crippen LogP contribution in [0.2, 0.25) is 5.02 Å². The molecule has 1 aromatic carbocycles. The number of hydrazine groups is 1. The third-order valence-corrected chi connectivity index (χ3v) is 11.1. The number of imide groups is 2. The van der Waals surface area contributed by atoms with E-state index in [4.69, 9.17) is 16.6 Å². The molecular formula is C35H41ClN10O4. The van der Waals surface area contributed by atoms with Crippen LogP contribution in [0.15, 0.2) is 30.6 Å². The van der Waals surface area contributed by atoms with Crippen molar-refractivity contribution in [3.8, 4) is 11.3 Å². The van der Waals surface area contributed by atoms with Crippen LogP contribution in [-0.4, -0.2) is 104 Å². The molecule has 2 aromatic heterocycles. The van der Waals surface area contributed by atoms with Crippen molar-refractivity contribution in [1.29, 1.82) is 0 Å². The third kappa shape index (κ3) is 6.41. The molecule has 5 amide bonds. The summed E-state index contributed by atoms with van der Waals surface area (Å²) in [5.74, 6) is 0.397. The zero-order chi connectivity index (χ0) is 34.5. The van der Waals surface area contributed by atoms with Crippen LogP contribution in [-0.2, 0) is 18.3 Å². The van der Waals surface area contributed by atoms with Crippen molar-refractivity contribution in [1.82, 2.24) is 40.0 Å². The lowest BCUT2D eigenvalue weighted by molar-refractivity contribution is -0.122. The molecule has 262 valence electrons. The summed E-state index contributed by atoms with van der Waals surface area (Å²) in [6, 6.07) is 4.84. The standard InChI is InChI=1S/C35H41ClN10O4/c1-42-29(16-21-2-3-21)27(18-38-42)31-28(36)19-37-34(41-31)39-23-8-11-43(12-9-23)20-22-6-13-44(14-7-22)24-4-5-25-26(17-24)33(49)46(32(25)48)45-15-10-30(47)40-35(45)50/h4-5,17-19,21-23H,2-3,6-16,20H2,1H3,(H,37,39,41)(H,40,47,50). The number of aryl methyl sites for hydroxylation is 1. The Hall–Kier alpha value is -4.56. The third-order valence-electron chi connectivity index (χ3n) is 10.8. The fourth-order valence-corrected chi connectivity index (χ4v) is 7.88. The second-order valence-electron chi connectivity index (χ2n) is 14.2. The van der Waals surface area contributed by atoms with Crippen LogP contribution in [0.1, 0.15) is 71.4 Å². The molecule has 4 aliphatic heterocycles. The van der Waals surface area contributed by atoms with Crippen LogP contribution in [0.3, 0.4) is 0 Å². The van der Waals surface area contributed by atoms with Gasteiger partial charge in [0.05, 0.1) is 40.8 Å². The fourth-order valence-electron chi connectivity index (χ4n) is 7.68. The number of amides is 5. The number of fused-ring (bicyclic) bond motifs is 1. The van der Waals surface area contributed by atoms with E-state index in [-0.39, 0.29) is 24.1 Å². The average molecular weight is 701 g/mol. The smallest absolute Gasteiger partial charge is 0.343 e. The Kier molecular flexibility index (Phi) is 8.67. The van der Waals surface area contributed by atoms with Crippen LogP contribution in [0.5, 0.6) is 0 Å². The number of benzene rings is 1. The molecule has 1 aliphatic carbocycles. The molecule has 0 unspecified atom stereocenters. The van der Waals surface area contributed by atoms with Crippen LogP contribution < -0.4 is 15.5 Å². The van der Waals surface area contributed by atoms with Crippen molar-refractivity contribution in [2.45, 2.75) is 57.4 Å². The van der Waals surface area contributed by atoms with Gasteiger partial charge in [0.2, 0.25) is 11.9 Å². The number of likely N-dealkylation sites (tertiary alicyclic amines) is 1. The minimum atomic E-state index is -0.762. The monoisotopic (exact) mass is 700 g/mol. The summed E-state index contributed by atoms with van der Waals surface area (Å²) < 4.78 is 1.94. The van der Waals surface area contributed by atoms with E-state index in [2.05, 4.69) is 30.5 Å². The van der Waals surface area contributed by atoms with Crippen molar-refractivity contribution in [3.05, 3.63) is 52.4 Å². The van der Waals surface area contributed by atoms with Gasteiger partial charge in [-0.1, -0.05) is 11.6 Å². The molecule has 5 aliphatic rings. The highest BCUT2D eigenvalue weighted by Gasteiger charge is 2.43. The minimum absolute atomic E-state index is 0.0177. The summed E-state index contributed by atoms with van der Waals surface area (Å²) in [5.41, 5.74) is 4.35. The van der Waals surface area contributed by atoms with Gasteiger partial charge in [0.1, 0.15) is 0 Å². The zero-order valence-corrected chi connectivity index (χ0v) is 28.9. The Morgan fingerprint density at radius 1 is 0.880 bits per heavy atom. The molecule has 6 heterocycles. The second kappa shape index (κ2) is 13.3. The van der Waals surface area contributed by atoms with Gasteiger partial charge in [-0.05, 0) is 75.0 Å².